The third kappa shape index (κ3) is 1.90. The van der Waals surface area contributed by atoms with E-state index in [4.69, 9.17) is 5.11 Å². The smallest absolute Gasteiger partial charge is 0.345 e. The molecule has 4 nitrogen and oxygen atoms in total. The number of aromatic carboxylic acids is 1. The van der Waals surface area contributed by atoms with E-state index < -0.39 is 5.97 Å². The van der Waals surface area contributed by atoms with Crippen LogP contribution in [0.1, 0.15) is 15.4 Å². The molecule has 2 heterocycles. The van der Waals surface area contributed by atoms with Crippen molar-refractivity contribution < 1.29 is 14.3 Å². The number of halogens is 1. The summed E-state index contributed by atoms with van der Waals surface area (Å²) in [7, 11) is 0. The molecule has 0 atom stereocenters. The lowest BCUT2D eigenvalue weighted by molar-refractivity contribution is 0.0702. The molecular formula is C13H9FN2O2S. The number of carbonyl (C=O) groups is 1. The average molecular weight is 276 g/mol. The molecule has 3 aromatic rings. The zero-order valence-corrected chi connectivity index (χ0v) is 10.7. The number of carboxylic acids is 1. The fourth-order valence-electron chi connectivity index (χ4n) is 1.94. The molecular weight excluding hydrogens is 267 g/mol. The van der Waals surface area contributed by atoms with Gasteiger partial charge in [-0.3, -0.25) is 0 Å². The summed E-state index contributed by atoms with van der Waals surface area (Å²) in [6, 6.07) is 7.65. The van der Waals surface area contributed by atoms with Crippen molar-refractivity contribution in [3.63, 3.8) is 0 Å². The topological polar surface area (TPSA) is 55.1 Å². The molecule has 0 radical (unpaired) electrons. The zero-order chi connectivity index (χ0) is 13.6. The second-order valence-corrected chi connectivity index (χ2v) is 5.14. The van der Waals surface area contributed by atoms with E-state index in [1.54, 1.807) is 29.8 Å². The van der Waals surface area contributed by atoms with Crippen LogP contribution in [0, 0.1) is 12.7 Å². The Bertz CT molecular complexity index is 791. The first-order chi connectivity index (χ1) is 9.06. The highest BCUT2D eigenvalue weighted by atomic mass is 32.1. The largest absolute Gasteiger partial charge is 0.477 e. The van der Waals surface area contributed by atoms with Crippen molar-refractivity contribution in [2.75, 3.05) is 0 Å². The van der Waals surface area contributed by atoms with E-state index in [2.05, 4.69) is 5.10 Å². The van der Waals surface area contributed by atoms with Gasteiger partial charge in [0.2, 0.25) is 0 Å². The fraction of sp³-hybridized carbons (Fsp3) is 0.0769. The van der Waals surface area contributed by atoms with E-state index in [1.165, 1.54) is 12.1 Å². The number of carboxylic acid groups (broad SMARTS) is 1. The molecule has 0 aliphatic carbocycles. The van der Waals surface area contributed by atoms with Crippen molar-refractivity contribution >= 4 is 27.5 Å². The second-order valence-electron chi connectivity index (χ2n) is 4.11. The van der Waals surface area contributed by atoms with Crippen LogP contribution >= 0.6 is 11.3 Å². The Hall–Kier alpha value is -2.21. The van der Waals surface area contributed by atoms with Crippen molar-refractivity contribution in [3.8, 4) is 5.69 Å². The van der Waals surface area contributed by atoms with Crippen LogP contribution in [0.4, 0.5) is 4.39 Å². The number of aromatic nitrogens is 2. The van der Waals surface area contributed by atoms with Crippen LogP contribution in [-0.2, 0) is 0 Å². The van der Waals surface area contributed by atoms with Gasteiger partial charge in [-0.2, -0.15) is 5.10 Å². The van der Waals surface area contributed by atoms with Gasteiger partial charge in [0.25, 0.3) is 0 Å². The molecule has 2 aromatic heterocycles. The van der Waals surface area contributed by atoms with Crippen molar-refractivity contribution in [2.45, 2.75) is 6.92 Å². The monoisotopic (exact) mass is 276 g/mol. The molecule has 1 N–H and O–H groups in total. The Balaban J connectivity index is 2.26. The zero-order valence-electron chi connectivity index (χ0n) is 9.92. The van der Waals surface area contributed by atoms with Gasteiger partial charge in [0.1, 0.15) is 15.5 Å². The highest BCUT2D eigenvalue weighted by molar-refractivity contribution is 7.20. The van der Waals surface area contributed by atoms with Gasteiger partial charge in [0, 0.05) is 5.39 Å². The van der Waals surface area contributed by atoms with Gasteiger partial charge in [0.15, 0.2) is 0 Å². The summed E-state index contributed by atoms with van der Waals surface area (Å²) in [5.74, 6) is -1.32. The summed E-state index contributed by atoms with van der Waals surface area (Å²) >= 11 is 1.13. The summed E-state index contributed by atoms with van der Waals surface area (Å²) in [4.78, 5) is 12.0. The van der Waals surface area contributed by atoms with Crippen molar-refractivity contribution in [2.24, 2.45) is 0 Å². The minimum Gasteiger partial charge on any atom is -0.477 e. The highest BCUT2D eigenvalue weighted by Crippen LogP contribution is 2.30. The van der Waals surface area contributed by atoms with Gasteiger partial charge < -0.3 is 5.11 Å². The van der Waals surface area contributed by atoms with Crippen LogP contribution in [0.15, 0.2) is 30.3 Å². The van der Waals surface area contributed by atoms with Crippen molar-refractivity contribution in [3.05, 3.63) is 46.7 Å². The van der Waals surface area contributed by atoms with E-state index >= 15 is 0 Å². The van der Waals surface area contributed by atoms with Crippen LogP contribution in [0.3, 0.4) is 0 Å². The third-order valence-corrected chi connectivity index (χ3v) is 3.91. The summed E-state index contributed by atoms with van der Waals surface area (Å²) < 4.78 is 14.8. The number of thiophene rings is 1. The Morgan fingerprint density at radius 1 is 1.42 bits per heavy atom. The maximum absolute atomic E-state index is 13.3. The van der Waals surface area contributed by atoms with Gasteiger partial charge in [-0.25, -0.2) is 13.9 Å². The molecule has 3 rings (SSSR count). The summed E-state index contributed by atoms with van der Waals surface area (Å²) in [6.45, 7) is 1.80. The van der Waals surface area contributed by atoms with Crippen LogP contribution < -0.4 is 0 Å². The van der Waals surface area contributed by atoms with Crippen LogP contribution in [0.5, 0.6) is 0 Å². The molecule has 6 heteroatoms. The maximum atomic E-state index is 13.3. The highest BCUT2D eigenvalue weighted by Gasteiger charge is 2.16. The third-order valence-electron chi connectivity index (χ3n) is 2.81. The van der Waals surface area contributed by atoms with Crippen LogP contribution in [-0.4, -0.2) is 20.9 Å². The van der Waals surface area contributed by atoms with Crippen molar-refractivity contribution in [1.29, 1.82) is 0 Å². The molecule has 0 fully saturated rings. The number of benzene rings is 1. The molecule has 0 spiro atoms. The van der Waals surface area contributed by atoms with Crippen LogP contribution in [0.2, 0.25) is 0 Å². The Kier molecular flexibility index (Phi) is 2.60. The van der Waals surface area contributed by atoms with Gasteiger partial charge in [-0.15, -0.1) is 11.3 Å². The number of fused-ring (bicyclic) bond motifs is 1. The lowest BCUT2D eigenvalue weighted by atomic mass is 10.3. The maximum Gasteiger partial charge on any atom is 0.345 e. The lowest BCUT2D eigenvalue weighted by Gasteiger charge is -2.01. The first-order valence-electron chi connectivity index (χ1n) is 5.54. The van der Waals surface area contributed by atoms with Gasteiger partial charge in [0.05, 0.1) is 11.4 Å². The molecule has 1 aromatic carbocycles. The standard InChI is InChI=1S/C13H9FN2O2S/c1-7-10-6-11(13(17)18)19-12(10)16(15-7)9-4-2-3-8(14)5-9/h2-6H,1H3,(H,17,18). The van der Waals surface area contributed by atoms with Gasteiger partial charge in [-0.1, -0.05) is 6.07 Å². The molecule has 0 amide bonds. The molecule has 0 unspecified atom stereocenters. The Morgan fingerprint density at radius 3 is 2.89 bits per heavy atom. The molecule has 0 saturated heterocycles. The molecule has 0 saturated carbocycles. The number of rotatable bonds is 2. The molecule has 19 heavy (non-hydrogen) atoms. The van der Waals surface area contributed by atoms with E-state index in [0.717, 1.165) is 22.4 Å². The Labute approximate surface area is 111 Å². The lowest BCUT2D eigenvalue weighted by Crippen LogP contribution is -1.96. The molecule has 0 aliphatic heterocycles. The van der Waals surface area contributed by atoms with Gasteiger partial charge in [-0.05, 0) is 31.2 Å². The van der Waals surface area contributed by atoms with E-state index in [1.807, 2.05) is 0 Å². The summed E-state index contributed by atoms with van der Waals surface area (Å²) in [5.41, 5.74) is 1.31. The molecule has 96 valence electrons. The fourth-order valence-corrected chi connectivity index (χ4v) is 2.96. The quantitative estimate of drug-likeness (QED) is 0.781. The average Bonchev–Trinajstić information content (AvgIpc) is 2.90. The normalized spacial score (nSPS) is 11.1. The van der Waals surface area contributed by atoms with Crippen molar-refractivity contribution in [1.82, 2.24) is 9.78 Å². The van der Waals surface area contributed by atoms with E-state index in [0.29, 0.717) is 10.5 Å². The first kappa shape index (κ1) is 11.9. The number of hydrogen-bond donors (Lipinski definition) is 1. The number of nitrogens with zero attached hydrogens (tertiary/aromatic N) is 2. The molecule has 0 bridgehead atoms. The Morgan fingerprint density at radius 2 is 2.21 bits per heavy atom. The number of hydrogen-bond acceptors (Lipinski definition) is 3. The second kappa shape index (κ2) is 4.17. The minimum atomic E-state index is -0.966. The van der Waals surface area contributed by atoms with Crippen LogP contribution in [0.25, 0.3) is 15.9 Å². The van der Waals surface area contributed by atoms with E-state index in [-0.39, 0.29) is 10.7 Å². The predicted octanol–water partition coefficient (Wildman–Crippen LogP) is 3.23. The van der Waals surface area contributed by atoms with Gasteiger partial charge >= 0.3 is 5.97 Å². The summed E-state index contributed by atoms with van der Waals surface area (Å²) in [6.07, 6.45) is 0. The first-order valence-corrected chi connectivity index (χ1v) is 6.36. The van der Waals surface area contributed by atoms with E-state index in [9.17, 15) is 9.18 Å². The predicted molar refractivity (Wildman–Crippen MR) is 70.6 cm³/mol. The SMILES string of the molecule is Cc1nn(-c2cccc(F)c2)c2sc(C(=O)O)cc12. The number of aryl methyl sites for hydroxylation is 1. The minimum absolute atomic E-state index is 0.251. The molecule has 0 aliphatic rings. The summed E-state index contributed by atoms with van der Waals surface area (Å²) in [5, 5.41) is 14.1.